The number of aryl methyl sites for hydroxylation is 1. The largest absolute Gasteiger partial charge is 0.482 e. The summed E-state index contributed by atoms with van der Waals surface area (Å²) >= 11 is 0. The van der Waals surface area contributed by atoms with E-state index in [1.807, 2.05) is 26.8 Å². The van der Waals surface area contributed by atoms with Crippen molar-refractivity contribution in [1.29, 1.82) is 0 Å². The number of ether oxygens (including phenoxy) is 2. The van der Waals surface area contributed by atoms with Crippen LogP contribution in [0.4, 0.5) is 4.79 Å². The van der Waals surface area contributed by atoms with Gasteiger partial charge in [-0.1, -0.05) is 19.1 Å². The van der Waals surface area contributed by atoms with E-state index in [9.17, 15) is 14.4 Å². The first-order valence-electron chi connectivity index (χ1n) is 7.36. The van der Waals surface area contributed by atoms with E-state index in [2.05, 4.69) is 10.6 Å². The number of hydrogen-bond acceptors (Lipinski definition) is 5. The molecule has 7 heteroatoms. The standard InChI is InChI=1S/C16H22N2O5/c1-4-12(3)17-16(21)18-14(19)9-23-15(20)10-22-13-7-5-6-11(2)8-13/h5-8,12H,4,9-10H2,1-3H3,(H2,17,18,19,21)/t12-/m1/s1. The van der Waals surface area contributed by atoms with E-state index < -0.39 is 24.5 Å². The first kappa shape index (κ1) is 18.5. The molecule has 0 bridgehead atoms. The van der Waals surface area contributed by atoms with Gasteiger partial charge in [-0.25, -0.2) is 9.59 Å². The quantitative estimate of drug-likeness (QED) is 0.743. The molecule has 0 spiro atoms. The molecule has 1 aromatic carbocycles. The van der Waals surface area contributed by atoms with Gasteiger partial charge in [-0.2, -0.15) is 0 Å². The summed E-state index contributed by atoms with van der Waals surface area (Å²) in [4.78, 5) is 34.3. The first-order valence-corrected chi connectivity index (χ1v) is 7.36. The fourth-order valence-corrected chi connectivity index (χ4v) is 1.56. The van der Waals surface area contributed by atoms with Gasteiger partial charge < -0.3 is 14.8 Å². The summed E-state index contributed by atoms with van der Waals surface area (Å²) in [5.74, 6) is -0.849. The summed E-state index contributed by atoms with van der Waals surface area (Å²) in [6.45, 7) is 4.77. The number of imide groups is 1. The zero-order chi connectivity index (χ0) is 17.2. The molecule has 0 aliphatic heterocycles. The summed E-state index contributed by atoms with van der Waals surface area (Å²) in [5, 5.41) is 4.64. The van der Waals surface area contributed by atoms with E-state index in [0.29, 0.717) is 5.75 Å². The number of rotatable bonds is 7. The molecule has 0 aliphatic rings. The summed E-state index contributed by atoms with van der Waals surface area (Å²) < 4.78 is 9.98. The number of carbonyl (C=O) groups is 3. The van der Waals surface area contributed by atoms with Crippen LogP contribution in [-0.4, -0.2) is 37.2 Å². The van der Waals surface area contributed by atoms with Crippen LogP contribution in [0.15, 0.2) is 24.3 Å². The number of nitrogens with one attached hydrogen (secondary N) is 2. The van der Waals surface area contributed by atoms with Crippen molar-refractivity contribution in [2.75, 3.05) is 13.2 Å². The second-order valence-electron chi connectivity index (χ2n) is 5.10. The van der Waals surface area contributed by atoms with Crippen molar-refractivity contribution >= 4 is 17.9 Å². The van der Waals surface area contributed by atoms with Crippen molar-refractivity contribution < 1.29 is 23.9 Å². The molecule has 0 aliphatic carbocycles. The summed E-state index contributed by atoms with van der Waals surface area (Å²) in [6.07, 6.45) is 0.743. The number of carbonyl (C=O) groups excluding carboxylic acids is 3. The molecule has 0 saturated carbocycles. The Morgan fingerprint density at radius 1 is 1.22 bits per heavy atom. The topological polar surface area (TPSA) is 93.7 Å². The molecular formula is C16H22N2O5. The number of amides is 3. The Kier molecular flexibility index (Phi) is 7.59. The maximum absolute atomic E-state index is 11.5. The monoisotopic (exact) mass is 322 g/mol. The van der Waals surface area contributed by atoms with E-state index in [0.717, 1.165) is 12.0 Å². The number of urea groups is 1. The fourth-order valence-electron chi connectivity index (χ4n) is 1.56. The molecule has 0 unspecified atom stereocenters. The molecule has 1 aromatic rings. The van der Waals surface area contributed by atoms with Gasteiger partial charge in [-0.15, -0.1) is 0 Å². The van der Waals surface area contributed by atoms with Gasteiger partial charge in [0.2, 0.25) is 0 Å². The lowest BCUT2D eigenvalue weighted by Crippen LogP contribution is -2.44. The van der Waals surface area contributed by atoms with Crippen LogP contribution in [0.1, 0.15) is 25.8 Å². The second-order valence-corrected chi connectivity index (χ2v) is 5.10. The highest BCUT2D eigenvalue weighted by Crippen LogP contribution is 2.11. The Morgan fingerprint density at radius 2 is 1.96 bits per heavy atom. The van der Waals surface area contributed by atoms with Gasteiger partial charge in [-0.3, -0.25) is 10.1 Å². The van der Waals surface area contributed by atoms with Crippen molar-refractivity contribution in [3.05, 3.63) is 29.8 Å². The molecule has 7 nitrogen and oxygen atoms in total. The second kappa shape index (κ2) is 9.45. The molecule has 3 amide bonds. The lowest BCUT2D eigenvalue weighted by molar-refractivity contribution is -0.150. The molecule has 0 fully saturated rings. The number of esters is 1. The van der Waals surface area contributed by atoms with Crippen LogP contribution in [0.2, 0.25) is 0 Å². The highest BCUT2D eigenvalue weighted by atomic mass is 16.6. The Balaban J connectivity index is 2.25. The van der Waals surface area contributed by atoms with Crippen LogP contribution in [0.3, 0.4) is 0 Å². The third kappa shape index (κ3) is 7.85. The molecule has 0 aromatic heterocycles. The van der Waals surface area contributed by atoms with Crippen molar-refractivity contribution in [2.45, 2.75) is 33.2 Å². The number of hydrogen-bond donors (Lipinski definition) is 2. The van der Waals surface area contributed by atoms with E-state index in [1.54, 1.807) is 18.2 Å². The Labute approximate surface area is 135 Å². The Morgan fingerprint density at radius 3 is 2.61 bits per heavy atom. The lowest BCUT2D eigenvalue weighted by atomic mass is 10.2. The van der Waals surface area contributed by atoms with Crippen LogP contribution in [0, 0.1) is 6.92 Å². The van der Waals surface area contributed by atoms with Gasteiger partial charge >= 0.3 is 12.0 Å². The van der Waals surface area contributed by atoms with E-state index >= 15 is 0 Å². The third-order valence-corrected chi connectivity index (χ3v) is 2.95. The highest BCUT2D eigenvalue weighted by Gasteiger charge is 2.12. The Hall–Kier alpha value is -2.57. The molecule has 23 heavy (non-hydrogen) atoms. The minimum atomic E-state index is -0.699. The van der Waals surface area contributed by atoms with Crippen molar-refractivity contribution in [1.82, 2.24) is 10.6 Å². The predicted octanol–water partition coefficient (Wildman–Crippen LogP) is 1.54. The normalized spacial score (nSPS) is 11.3. The lowest BCUT2D eigenvalue weighted by Gasteiger charge is -2.12. The average Bonchev–Trinajstić information content (AvgIpc) is 2.50. The van der Waals surface area contributed by atoms with Crippen LogP contribution in [-0.2, 0) is 14.3 Å². The first-order chi connectivity index (χ1) is 10.9. The zero-order valence-corrected chi connectivity index (χ0v) is 13.5. The molecule has 2 N–H and O–H groups in total. The summed E-state index contributed by atoms with van der Waals surface area (Å²) in [6, 6.07) is 6.54. The van der Waals surface area contributed by atoms with Crippen LogP contribution < -0.4 is 15.4 Å². The van der Waals surface area contributed by atoms with Gasteiger partial charge in [0.25, 0.3) is 5.91 Å². The van der Waals surface area contributed by atoms with Crippen molar-refractivity contribution in [3.8, 4) is 5.75 Å². The molecule has 126 valence electrons. The third-order valence-electron chi connectivity index (χ3n) is 2.95. The van der Waals surface area contributed by atoms with Gasteiger partial charge in [0.05, 0.1) is 0 Å². The molecule has 0 saturated heterocycles. The highest BCUT2D eigenvalue weighted by molar-refractivity contribution is 5.95. The number of benzene rings is 1. The van der Waals surface area contributed by atoms with Gasteiger partial charge in [0.1, 0.15) is 5.75 Å². The SMILES string of the molecule is CC[C@@H](C)NC(=O)NC(=O)COC(=O)COc1cccc(C)c1. The fraction of sp³-hybridized carbons (Fsp3) is 0.438. The van der Waals surface area contributed by atoms with Crippen LogP contribution >= 0.6 is 0 Å². The molecule has 0 radical (unpaired) electrons. The van der Waals surface area contributed by atoms with Gasteiger partial charge in [0.15, 0.2) is 13.2 Å². The van der Waals surface area contributed by atoms with Gasteiger partial charge in [0, 0.05) is 6.04 Å². The minimum absolute atomic E-state index is 0.0481. The minimum Gasteiger partial charge on any atom is -0.482 e. The summed E-state index contributed by atoms with van der Waals surface area (Å²) in [5.41, 5.74) is 1.00. The maximum Gasteiger partial charge on any atom is 0.344 e. The maximum atomic E-state index is 11.5. The average molecular weight is 322 g/mol. The predicted molar refractivity (Wildman–Crippen MR) is 84.1 cm³/mol. The Bertz CT molecular complexity index is 559. The van der Waals surface area contributed by atoms with Crippen LogP contribution in [0.25, 0.3) is 0 Å². The van der Waals surface area contributed by atoms with Crippen LogP contribution in [0.5, 0.6) is 5.75 Å². The zero-order valence-electron chi connectivity index (χ0n) is 13.5. The smallest absolute Gasteiger partial charge is 0.344 e. The molecule has 0 heterocycles. The molecule has 1 rings (SSSR count). The van der Waals surface area contributed by atoms with Gasteiger partial charge in [-0.05, 0) is 38.0 Å². The molecular weight excluding hydrogens is 300 g/mol. The molecule has 1 atom stereocenters. The van der Waals surface area contributed by atoms with E-state index in [4.69, 9.17) is 9.47 Å². The van der Waals surface area contributed by atoms with Crippen molar-refractivity contribution in [2.24, 2.45) is 0 Å². The van der Waals surface area contributed by atoms with Crippen molar-refractivity contribution in [3.63, 3.8) is 0 Å². The van der Waals surface area contributed by atoms with E-state index in [1.165, 1.54) is 0 Å². The summed E-state index contributed by atoms with van der Waals surface area (Å²) in [7, 11) is 0. The van der Waals surface area contributed by atoms with E-state index in [-0.39, 0.29) is 12.6 Å².